The van der Waals surface area contributed by atoms with Crippen molar-refractivity contribution < 1.29 is 13.2 Å². The predicted octanol–water partition coefficient (Wildman–Crippen LogP) is 3.65. The molecule has 120 valence electrons. The van der Waals surface area contributed by atoms with E-state index in [1.165, 1.54) is 19.6 Å². The van der Waals surface area contributed by atoms with Crippen molar-refractivity contribution >= 4 is 28.3 Å². The first-order valence-electron chi connectivity index (χ1n) is 6.58. The standard InChI is InChI=1S/C14H11ClF3N5/c1-23-6-8(12(22-23)14(16,17)18)5-19-13-10-3-2-9(15)4-11(10)20-7-21-13/h2-4,6-7H,5H2,1H3,(H,19,20,21). The van der Waals surface area contributed by atoms with Gasteiger partial charge >= 0.3 is 6.18 Å². The molecule has 0 fully saturated rings. The smallest absolute Gasteiger partial charge is 0.365 e. The molecule has 0 atom stereocenters. The summed E-state index contributed by atoms with van der Waals surface area (Å²) < 4.78 is 40.0. The van der Waals surface area contributed by atoms with Crippen LogP contribution in [0.5, 0.6) is 0 Å². The van der Waals surface area contributed by atoms with Crippen molar-refractivity contribution in [2.24, 2.45) is 7.05 Å². The zero-order chi connectivity index (χ0) is 16.6. The Morgan fingerprint density at radius 2 is 2.04 bits per heavy atom. The summed E-state index contributed by atoms with van der Waals surface area (Å²) >= 11 is 5.90. The molecule has 9 heteroatoms. The third-order valence-electron chi connectivity index (χ3n) is 3.22. The van der Waals surface area contributed by atoms with Gasteiger partial charge in [-0.05, 0) is 18.2 Å². The van der Waals surface area contributed by atoms with Crippen molar-refractivity contribution in [2.45, 2.75) is 12.7 Å². The number of nitrogens with one attached hydrogen (secondary N) is 1. The fraction of sp³-hybridized carbons (Fsp3) is 0.214. The highest BCUT2D eigenvalue weighted by atomic mass is 35.5. The Morgan fingerprint density at radius 1 is 1.26 bits per heavy atom. The number of halogens is 4. The van der Waals surface area contributed by atoms with Gasteiger partial charge < -0.3 is 5.32 Å². The lowest BCUT2D eigenvalue weighted by Gasteiger charge is -2.09. The van der Waals surface area contributed by atoms with Gasteiger partial charge in [0.15, 0.2) is 5.69 Å². The molecule has 0 aliphatic rings. The van der Waals surface area contributed by atoms with Crippen LogP contribution in [0.2, 0.25) is 5.02 Å². The van der Waals surface area contributed by atoms with Crippen LogP contribution in [0.4, 0.5) is 19.0 Å². The van der Waals surface area contributed by atoms with Crippen LogP contribution in [-0.4, -0.2) is 19.7 Å². The van der Waals surface area contributed by atoms with Crippen molar-refractivity contribution in [3.8, 4) is 0 Å². The average Bonchev–Trinajstić information content (AvgIpc) is 2.86. The highest BCUT2D eigenvalue weighted by Gasteiger charge is 2.36. The number of nitrogens with zero attached hydrogens (tertiary/aromatic N) is 4. The molecule has 1 N–H and O–H groups in total. The first-order chi connectivity index (χ1) is 10.8. The average molecular weight is 342 g/mol. The highest BCUT2D eigenvalue weighted by molar-refractivity contribution is 6.31. The Morgan fingerprint density at radius 3 is 2.78 bits per heavy atom. The Bertz CT molecular complexity index is 859. The fourth-order valence-electron chi connectivity index (χ4n) is 2.26. The summed E-state index contributed by atoms with van der Waals surface area (Å²) in [7, 11) is 1.45. The molecule has 5 nitrogen and oxygen atoms in total. The van der Waals surface area contributed by atoms with Crippen molar-refractivity contribution in [1.82, 2.24) is 19.7 Å². The monoisotopic (exact) mass is 341 g/mol. The minimum absolute atomic E-state index is 0.0423. The Labute approximate surface area is 134 Å². The molecule has 0 amide bonds. The van der Waals surface area contributed by atoms with Gasteiger partial charge in [0.25, 0.3) is 0 Å². The summed E-state index contributed by atoms with van der Waals surface area (Å²) in [6, 6.07) is 5.05. The van der Waals surface area contributed by atoms with Crippen LogP contribution in [0.15, 0.2) is 30.7 Å². The van der Waals surface area contributed by atoms with Crippen LogP contribution in [0.1, 0.15) is 11.3 Å². The molecule has 0 radical (unpaired) electrons. The van der Waals surface area contributed by atoms with Crippen LogP contribution < -0.4 is 5.32 Å². The SMILES string of the molecule is Cn1cc(CNc2ncnc3cc(Cl)ccc23)c(C(F)(F)F)n1. The van der Waals surface area contributed by atoms with E-state index in [2.05, 4.69) is 20.4 Å². The van der Waals surface area contributed by atoms with E-state index in [1.807, 2.05) is 0 Å². The second kappa shape index (κ2) is 5.69. The van der Waals surface area contributed by atoms with Gasteiger partial charge in [0.1, 0.15) is 12.1 Å². The third-order valence-corrected chi connectivity index (χ3v) is 3.45. The molecule has 3 rings (SSSR count). The number of aromatic nitrogens is 4. The first-order valence-corrected chi connectivity index (χ1v) is 6.96. The molecule has 1 aromatic carbocycles. The number of rotatable bonds is 3. The minimum Gasteiger partial charge on any atom is -0.365 e. The summed E-state index contributed by atoms with van der Waals surface area (Å²) in [5.41, 5.74) is -0.258. The van der Waals surface area contributed by atoms with E-state index in [-0.39, 0.29) is 12.1 Å². The zero-order valence-electron chi connectivity index (χ0n) is 11.9. The molecule has 0 bridgehead atoms. The first kappa shape index (κ1) is 15.5. The largest absolute Gasteiger partial charge is 0.435 e. The summed E-state index contributed by atoms with van der Waals surface area (Å²) in [4.78, 5) is 8.16. The summed E-state index contributed by atoms with van der Waals surface area (Å²) in [6.07, 6.45) is -1.84. The fourth-order valence-corrected chi connectivity index (χ4v) is 2.42. The lowest BCUT2D eigenvalue weighted by molar-refractivity contribution is -0.142. The van der Waals surface area contributed by atoms with Gasteiger partial charge in [-0.1, -0.05) is 11.6 Å². The number of aryl methyl sites for hydroxylation is 1. The van der Waals surface area contributed by atoms with E-state index in [0.717, 1.165) is 4.68 Å². The highest BCUT2D eigenvalue weighted by Crippen LogP contribution is 2.31. The van der Waals surface area contributed by atoms with Gasteiger partial charge in [-0.3, -0.25) is 4.68 Å². The van der Waals surface area contributed by atoms with Crippen LogP contribution in [0.25, 0.3) is 10.9 Å². The quantitative estimate of drug-likeness (QED) is 0.790. The van der Waals surface area contributed by atoms with Crippen molar-refractivity contribution in [3.63, 3.8) is 0 Å². The maximum atomic E-state index is 12.9. The number of alkyl halides is 3. The van der Waals surface area contributed by atoms with Crippen LogP contribution in [0.3, 0.4) is 0 Å². The van der Waals surface area contributed by atoms with Gasteiger partial charge in [-0.2, -0.15) is 18.3 Å². The number of fused-ring (bicyclic) bond motifs is 1. The molecule has 3 aromatic rings. The molecule has 0 aliphatic heterocycles. The Balaban J connectivity index is 1.90. The molecule has 0 spiro atoms. The number of hydrogen-bond acceptors (Lipinski definition) is 4. The second-order valence-electron chi connectivity index (χ2n) is 4.91. The lowest BCUT2D eigenvalue weighted by atomic mass is 10.2. The molecular formula is C14H11ClF3N5. The van der Waals surface area contributed by atoms with Gasteiger partial charge in [-0.15, -0.1) is 0 Å². The van der Waals surface area contributed by atoms with Crippen LogP contribution >= 0.6 is 11.6 Å². The van der Waals surface area contributed by atoms with E-state index in [1.54, 1.807) is 18.2 Å². The van der Waals surface area contributed by atoms with Gasteiger partial charge in [0, 0.05) is 35.8 Å². The summed E-state index contributed by atoms with van der Waals surface area (Å²) in [5.74, 6) is 0.434. The van der Waals surface area contributed by atoms with E-state index in [0.29, 0.717) is 21.7 Å². The number of hydrogen-bond donors (Lipinski definition) is 1. The maximum Gasteiger partial charge on any atom is 0.435 e. The molecule has 2 aromatic heterocycles. The van der Waals surface area contributed by atoms with E-state index >= 15 is 0 Å². The molecule has 0 saturated carbocycles. The van der Waals surface area contributed by atoms with Crippen LogP contribution in [-0.2, 0) is 19.8 Å². The third kappa shape index (κ3) is 3.21. The zero-order valence-corrected chi connectivity index (χ0v) is 12.7. The van der Waals surface area contributed by atoms with Crippen molar-refractivity contribution in [1.29, 1.82) is 0 Å². The molecule has 0 unspecified atom stereocenters. The normalized spacial score (nSPS) is 11.9. The van der Waals surface area contributed by atoms with E-state index in [4.69, 9.17) is 11.6 Å². The predicted molar refractivity (Wildman–Crippen MR) is 80.1 cm³/mol. The molecular weight excluding hydrogens is 331 g/mol. The number of benzene rings is 1. The summed E-state index contributed by atoms with van der Waals surface area (Å²) in [6.45, 7) is -0.0581. The van der Waals surface area contributed by atoms with Crippen molar-refractivity contribution in [2.75, 3.05) is 5.32 Å². The maximum absolute atomic E-state index is 12.9. The molecule has 23 heavy (non-hydrogen) atoms. The Hall–Kier alpha value is -2.35. The number of anilines is 1. The van der Waals surface area contributed by atoms with E-state index < -0.39 is 11.9 Å². The van der Waals surface area contributed by atoms with Gasteiger partial charge in [-0.25, -0.2) is 9.97 Å². The second-order valence-corrected chi connectivity index (χ2v) is 5.35. The van der Waals surface area contributed by atoms with Gasteiger partial charge in [0.05, 0.1) is 5.52 Å². The lowest BCUT2D eigenvalue weighted by Crippen LogP contribution is -2.12. The molecule has 2 heterocycles. The van der Waals surface area contributed by atoms with Crippen LogP contribution in [0, 0.1) is 0 Å². The minimum atomic E-state index is -4.50. The summed E-state index contributed by atoms with van der Waals surface area (Å²) in [5, 5.41) is 7.57. The Kier molecular flexibility index (Phi) is 3.85. The van der Waals surface area contributed by atoms with E-state index in [9.17, 15) is 13.2 Å². The molecule has 0 saturated heterocycles. The van der Waals surface area contributed by atoms with Gasteiger partial charge in [0.2, 0.25) is 0 Å². The topological polar surface area (TPSA) is 55.6 Å². The van der Waals surface area contributed by atoms with Crippen molar-refractivity contribution in [3.05, 3.63) is 47.0 Å². The molecule has 0 aliphatic carbocycles.